The second kappa shape index (κ2) is 7.17. The minimum absolute atomic E-state index is 0.169. The van der Waals surface area contributed by atoms with Crippen molar-refractivity contribution in [2.75, 3.05) is 11.9 Å². The summed E-state index contributed by atoms with van der Waals surface area (Å²) in [7, 11) is 0. The molecule has 2 rings (SSSR count). The number of hydrogen-bond donors (Lipinski definition) is 1. The molecule has 0 saturated heterocycles. The van der Waals surface area contributed by atoms with Crippen molar-refractivity contribution < 1.29 is 14.3 Å². The first-order chi connectivity index (χ1) is 10.5. The van der Waals surface area contributed by atoms with Crippen molar-refractivity contribution in [2.45, 2.75) is 13.8 Å². The summed E-state index contributed by atoms with van der Waals surface area (Å²) in [5.74, 6) is -1.04. The third kappa shape index (κ3) is 4.14. The van der Waals surface area contributed by atoms with E-state index in [0.717, 1.165) is 15.6 Å². The highest BCUT2D eigenvalue weighted by Gasteiger charge is 2.12. The van der Waals surface area contributed by atoms with Gasteiger partial charge in [-0.25, -0.2) is 9.78 Å². The number of carbonyl (C=O) groups excluding carboxylic acids is 2. The molecule has 114 valence electrons. The lowest BCUT2D eigenvalue weighted by Gasteiger charge is -2.10. The summed E-state index contributed by atoms with van der Waals surface area (Å²) < 4.78 is 5.70. The van der Waals surface area contributed by atoms with Gasteiger partial charge in [-0.2, -0.15) is 0 Å². The number of aryl methyl sites for hydroxylation is 2. The van der Waals surface area contributed by atoms with Crippen molar-refractivity contribution in [3.63, 3.8) is 0 Å². The number of anilines is 1. The molecule has 0 saturated carbocycles. The SMILES string of the molecule is Cc1cc(Br)c(NC(=O)COC(=O)c2ccccn2)cc1C. The van der Waals surface area contributed by atoms with E-state index in [-0.39, 0.29) is 12.3 Å². The molecule has 0 bridgehead atoms. The lowest BCUT2D eigenvalue weighted by atomic mass is 10.1. The van der Waals surface area contributed by atoms with Gasteiger partial charge in [0, 0.05) is 10.7 Å². The summed E-state index contributed by atoms with van der Waals surface area (Å²) in [6.07, 6.45) is 1.49. The van der Waals surface area contributed by atoms with Crippen LogP contribution in [0.2, 0.25) is 0 Å². The van der Waals surface area contributed by atoms with Gasteiger partial charge in [0.1, 0.15) is 5.69 Å². The van der Waals surface area contributed by atoms with E-state index < -0.39 is 11.9 Å². The Labute approximate surface area is 136 Å². The molecule has 1 aromatic carbocycles. The lowest BCUT2D eigenvalue weighted by Crippen LogP contribution is -2.21. The highest BCUT2D eigenvalue weighted by Crippen LogP contribution is 2.26. The zero-order valence-corrected chi connectivity index (χ0v) is 13.8. The largest absolute Gasteiger partial charge is 0.451 e. The van der Waals surface area contributed by atoms with Crippen LogP contribution in [-0.2, 0) is 9.53 Å². The first kappa shape index (κ1) is 16.2. The van der Waals surface area contributed by atoms with Crippen LogP contribution >= 0.6 is 15.9 Å². The maximum Gasteiger partial charge on any atom is 0.357 e. The predicted molar refractivity (Wildman–Crippen MR) is 86.8 cm³/mol. The van der Waals surface area contributed by atoms with Crippen LogP contribution in [0.15, 0.2) is 41.0 Å². The molecule has 1 heterocycles. The molecule has 0 fully saturated rings. The zero-order chi connectivity index (χ0) is 16.1. The zero-order valence-electron chi connectivity index (χ0n) is 12.2. The Hall–Kier alpha value is -2.21. The minimum atomic E-state index is -0.630. The van der Waals surface area contributed by atoms with E-state index in [4.69, 9.17) is 4.74 Å². The van der Waals surface area contributed by atoms with Gasteiger partial charge in [-0.15, -0.1) is 0 Å². The number of halogens is 1. The maximum atomic E-state index is 11.9. The second-order valence-electron chi connectivity index (χ2n) is 4.76. The molecule has 2 aromatic rings. The van der Waals surface area contributed by atoms with Crippen LogP contribution < -0.4 is 5.32 Å². The van der Waals surface area contributed by atoms with Crippen LogP contribution in [0.25, 0.3) is 0 Å². The summed E-state index contributed by atoms with van der Waals surface area (Å²) in [6, 6.07) is 8.68. The number of nitrogens with zero attached hydrogens (tertiary/aromatic N) is 1. The monoisotopic (exact) mass is 362 g/mol. The molecule has 1 N–H and O–H groups in total. The Kier molecular flexibility index (Phi) is 5.27. The summed E-state index contributed by atoms with van der Waals surface area (Å²) in [6.45, 7) is 3.58. The maximum absolute atomic E-state index is 11.9. The molecule has 22 heavy (non-hydrogen) atoms. The van der Waals surface area contributed by atoms with Crippen LogP contribution in [0.3, 0.4) is 0 Å². The van der Waals surface area contributed by atoms with Crippen LogP contribution in [0.4, 0.5) is 5.69 Å². The van der Waals surface area contributed by atoms with Crippen LogP contribution in [0, 0.1) is 13.8 Å². The fourth-order valence-corrected chi connectivity index (χ4v) is 2.31. The van der Waals surface area contributed by atoms with Gasteiger partial charge < -0.3 is 10.1 Å². The lowest BCUT2D eigenvalue weighted by molar-refractivity contribution is -0.119. The Morgan fingerprint density at radius 2 is 1.95 bits per heavy atom. The van der Waals surface area contributed by atoms with Gasteiger partial charge in [0.2, 0.25) is 0 Å². The summed E-state index contributed by atoms with van der Waals surface area (Å²) in [5, 5.41) is 2.70. The van der Waals surface area contributed by atoms with E-state index in [1.54, 1.807) is 12.1 Å². The Morgan fingerprint density at radius 3 is 2.64 bits per heavy atom. The summed E-state index contributed by atoms with van der Waals surface area (Å²) >= 11 is 3.39. The smallest absolute Gasteiger partial charge is 0.357 e. The number of aromatic nitrogens is 1. The van der Waals surface area contributed by atoms with Gasteiger partial charge in [0.25, 0.3) is 5.91 Å². The minimum Gasteiger partial charge on any atom is -0.451 e. The molecular formula is C16H15BrN2O3. The molecule has 0 aliphatic heterocycles. The first-order valence-electron chi connectivity index (χ1n) is 6.62. The summed E-state index contributed by atoms with van der Waals surface area (Å²) in [4.78, 5) is 27.4. The third-order valence-electron chi connectivity index (χ3n) is 3.07. The standard InChI is InChI=1S/C16H15BrN2O3/c1-10-7-12(17)14(8-11(10)2)19-15(20)9-22-16(21)13-5-3-4-6-18-13/h3-8H,9H2,1-2H3,(H,19,20). The molecule has 0 aliphatic carbocycles. The van der Waals surface area contributed by atoms with Crippen LogP contribution in [0.5, 0.6) is 0 Å². The van der Waals surface area contributed by atoms with E-state index in [2.05, 4.69) is 26.2 Å². The molecule has 0 radical (unpaired) electrons. The predicted octanol–water partition coefficient (Wildman–Crippen LogP) is 3.26. The second-order valence-corrected chi connectivity index (χ2v) is 5.61. The quantitative estimate of drug-likeness (QED) is 0.847. The van der Waals surface area contributed by atoms with Crippen molar-refractivity contribution in [3.8, 4) is 0 Å². The molecular weight excluding hydrogens is 348 g/mol. The third-order valence-corrected chi connectivity index (χ3v) is 3.72. The topological polar surface area (TPSA) is 68.3 Å². The number of rotatable bonds is 4. The molecule has 0 atom stereocenters. The molecule has 0 aliphatic rings. The molecule has 1 aromatic heterocycles. The fourth-order valence-electron chi connectivity index (χ4n) is 1.75. The van der Waals surface area contributed by atoms with Crippen molar-refractivity contribution in [1.82, 2.24) is 4.98 Å². The molecule has 5 nitrogen and oxygen atoms in total. The van der Waals surface area contributed by atoms with E-state index in [1.165, 1.54) is 12.3 Å². The van der Waals surface area contributed by atoms with Crippen LogP contribution in [0.1, 0.15) is 21.6 Å². The number of amides is 1. The number of nitrogens with one attached hydrogen (secondary N) is 1. The first-order valence-corrected chi connectivity index (χ1v) is 7.41. The van der Waals surface area contributed by atoms with E-state index in [9.17, 15) is 9.59 Å². The van der Waals surface area contributed by atoms with E-state index >= 15 is 0 Å². The number of esters is 1. The van der Waals surface area contributed by atoms with Crippen molar-refractivity contribution >= 4 is 33.5 Å². The molecule has 0 unspecified atom stereocenters. The Balaban J connectivity index is 1.94. The van der Waals surface area contributed by atoms with Crippen molar-refractivity contribution in [1.29, 1.82) is 0 Å². The average molecular weight is 363 g/mol. The van der Waals surface area contributed by atoms with Gasteiger partial charge in [0.05, 0.1) is 5.69 Å². The van der Waals surface area contributed by atoms with Gasteiger partial charge >= 0.3 is 5.97 Å². The average Bonchev–Trinajstić information content (AvgIpc) is 2.51. The molecule has 0 spiro atoms. The highest BCUT2D eigenvalue weighted by molar-refractivity contribution is 9.10. The number of ether oxygens (including phenoxy) is 1. The van der Waals surface area contributed by atoms with Crippen molar-refractivity contribution in [3.05, 3.63) is 57.8 Å². The Bertz CT molecular complexity index is 702. The van der Waals surface area contributed by atoms with Gasteiger partial charge in [-0.1, -0.05) is 6.07 Å². The van der Waals surface area contributed by atoms with Crippen molar-refractivity contribution in [2.24, 2.45) is 0 Å². The van der Waals surface area contributed by atoms with Gasteiger partial charge in [-0.05, 0) is 65.2 Å². The van der Waals surface area contributed by atoms with Gasteiger partial charge in [-0.3, -0.25) is 4.79 Å². The van der Waals surface area contributed by atoms with E-state index in [0.29, 0.717) is 5.69 Å². The molecule has 6 heteroatoms. The number of carbonyl (C=O) groups is 2. The normalized spacial score (nSPS) is 10.1. The fraction of sp³-hybridized carbons (Fsp3) is 0.188. The highest BCUT2D eigenvalue weighted by atomic mass is 79.9. The van der Waals surface area contributed by atoms with Gasteiger partial charge in [0.15, 0.2) is 6.61 Å². The van der Waals surface area contributed by atoms with Crippen LogP contribution in [-0.4, -0.2) is 23.5 Å². The number of benzene rings is 1. The number of pyridine rings is 1. The summed E-state index contributed by atoms with van der Waals surface area (Å²) in [5.41, 5.74) is 2.99. The molecule has 1 amide bonds. The Morgan fingerprint density at radius 1 is 1.23 bits per heavy atom. The number of hydrogen-bond acceptors (Lipinski definition) is 4. The van der Waals surface area contributed by atoms with E-state index in [1.807, 2.05) is 26.0 Å².